The highest BCUT2D eigenvalue weighted by atomic mass is 32.2. The highest BCUT2D eigenvalue weighted by Crippen LogP contribution is 2.27. The number of benzene rings is 2. The lowest BCUT2D eigenvalue weighted by atomic mass is 10.1. The number of anilines is 3. The molecule has 2 aromatic carbocycles. The van der Waals surface area contributed by atoms with Gasteiger partial charge in [-0.2, -0.15) is 0 Å². The molecule has 1 fully saturated rings. The van der Waals surface area contributed by atoms with Gasteiger partial charge < -0.3 is 10.2 Å². The summed E-state index contributed by atoms with van der Waals surface area (Å²) in [5.74, 6) is -0.921. The first-order valence-electron chi connectivity index (χ1n) is 10.5. The van der Waals surface area contributed by atoms with E-state index in [9.17, 15) is 18.0 Å². The molecule has 3 aromatic rings. The number of carbonyl (C=O) groups excluding carboxylic acids is 2. The van der Waals surface area contributed by atoms with Gasteiger partial charge in [0.25, 0.3) is 10.0 Å². The average Bonchev–Trinajstić information content (AvgIpc) is 3.21. The summed E-state index contributed by atoms with van der Waals surface area (Å²) in [4.78, 5) is 34.5. The maximum Gasteiger partial charge on any atom is 0.264 e. The van der Waals surface area contributed by atoms with E-state index in [0.29, 0.717) is 12.2 Å². The predicted molar refractivity (Wildman–Crippen MR) is 124 cm³/mol. The molecule has 2 amide bonds. The molecule has 2 N–H and O–H groups in total. The van der Waals surface area contributed by atoms with Gasteiger partial charge in [-0.25, -0.2) is 23.1 Å². The summed E-state index contributed by atoms with van der Waals surface area (Å²) in [7, 11) is -3.86. The van der Waals surface area contributed by atoms with E-state index >= 15 is 0 Å². The zero-order valence-electron chi connectivity index (χ0n) is 17.9. The topological polar surface area (TPSA) is 121 Å². The molecule has 0 spiro atoms. The van der Waals surface area contributed by atoms with Crippen LogP contribution in [0.5, 0.6) is 0 Å². The van der Waals surface area contributed by atoms with Gasteiger partial charge in [0.2, 0.25) is 17.8 Å². The summed E-state index contributed by atoms with van der Waals surface area (Å²) >= 11 is 0. The molecule has 4 rings (SSSR count). The van der Waals surface area contributed by atoms with E-state index in [-0.39, 0.29) is 29.1 Å². The number of hydrogen-bond donors (Lipinski definition) is 2. The van der Waals surface area contributed by atoms with Crippen molar-refractivity contribution in [1.29, 1.82) is 0 Å². The first kappa shape index (κ1) is 22.4. The molecular weight excluding hydrogens is 442 g/mol. The molecule has 0 aliphatic carbocycles. The van der Waals surface area contributed by atoms with E-state index in [1.165, 1.54) is 42.2 Å². The van der Waals surface area contributed by atoms with E-state index in [2.05, 4.69) is 26.9 Å². The van der Waals surface area contributed by atoms with Crippen molar-refractivity contribution < 1.29 is 18.0 Å². The standard InChI is InChI=1S/C23H23N5O4S/c1-2-16-4-8-19(9-5-16)28-15-17(14-21(28)29)22(30)26-18-6-10-20(11-7-18)33(31,32)27-23-24-12-3-13-25-23/h3-13,17H,2,14-15H2,1H3,(H,26,30)(H,24,25,27)/t17-/m1/s1. The zero-order valence-corrected chi connectivity index (χ0v) is 18.7. The van der Waals surface area contributed by atoms with Crippen LogP contribution in [0.15, 0.2) is 71.9 Å². The van der Waals surface area contributed by atoms with Crippen LogP contribution in [0, 0.1) is 5.92 Å². The molecule has 10 heteroatoms. The quantitative estimate of drug-likeness (QED) is 0.553. The second kappa shape index (κ2) is 9.37. The summed E-state index contributed by atoms with van der Waals surface area (Å²) in [5.41, 5.74) is 2.39. The van der Waals surface area contributed by atoms with Crippen LogP contribution in [0.3, 0.4) is 0 Å². The Balaban J connectivity index is 1.39. The van der Waals surface area contributed by atoms with Gasteiger partial charge in [-0.15, -0.1) is 0 Å². The third-order valence-electron chi connectivity index (χ3n) is 5.38. The van der Waals surface area contributed by atoms with Crippen LogP contribution in [0.2, 0.25) is 0 Å². The highest BCUT2D eigenvalue weighted by Gasteiger charge is 2.35. The Kier molecular flexibility index (Phi) is 6.36. The summed E-state index contributed by atoms with van der Waals surface area (Å²) in [6, 6.07) is 15.1. The lowest BCUT2D eigenvalue weighted by Crippen LogP contribution is -2.28. The Hall–Kier alpha value is -3.79. The Labute approximate surface area is 191 Å². The molecule has 33 heavy (non-hydrogen) atoms. The number of rotatable bonds is 7. The molecule has 0 radical (unpaired) electrons. The molecule has 1 aliphatic rings. The molecule has 0 unspecified atom stereocenters. The average molecular weight is 466 g/mol. The monoisotopic (exact) mass is 465 g/mol. The third kappa shape index (κ3) is 5.17. The van der Waals surface area contributed by atoms with Crippen molar-refractivity contribution in [1.82, 2.24) is 9.97 Å². The number of amides is 2. The summed E-state index contributed by atoms with van der Waals surface area (Å²) in [5, 5.41) is 2.77. The predicted octanol–water partition coefficient (Wildman–Crippen LogP) is 2.83. The van der Waals surface area contributed by atoms with Crippen LogP contribution in [0.25, 0.3) is 0 Å². The van der Waals surface area contributed by atoms with Crippen LogP contribution in [-0.4, -0.2) is 36.7 Å². The van der Waals surface area contributed by atoms with Crippen LogP contribution in [0.1, 0.15) is 18.9 Å². The number of hydrogen-bond acceptors (Lipinski definition) is 6. The minimum Gasteiger partial charge on any atom is -0.326 e. The van der Waals surface area contributed by atoms with Gasteiger partial charge in [-0.1, -0.05) is 19.1 Å². The smallest absolute Gasteiger partial charge is 0.264 e. The molecule has 2 heterocycles. The van der Waals surface area contributed by atoms with Crippen molar-refractivity contribution in [3.05, 3.63) is 72.6 Å². The van der Waals surface area contributed by atoms with Crippen molar-refractivity contribution in [2.75, 3.05) is 21.5 Å². The minimum atomic E-state index is -3.86. The van der Waals surface area contributed by atoms with Gasteiger partial charge in [-0.3, -0.25) is 9.59 Å². The lowest BCUT2D eigenvalue weighted by molar-refractivity contribution is -0.122. The van der Waals surface area contributed by atoms with E-state index in [4.69, 9.17) is 0 Å². The molecule has 1 saturated heterocycles. The zero-order chi connectivity index (χ0) is 23.4. The molecule has 1 atom stereocenters. The Morgan fingerprint density at radius 2 is 1.73 bits per heavy atom. The Bertz CT molecular complexity index is 1250. The molecule has 0 saturated carbocycles. The number of carbonyl (C=O) groups is 2. The maximum atomic E-state index is 12.7. The highest BCUT2D eigenvalue weighted by molar-refractivity contribution is 7.92. The number of aryl methyl sites for hydroxylation is 1. The van der Waals surface area contributed by atoms with Crippen molar-refractivity contribution in [3.63, 3.8) is 0 Å². The van der Waals surface area contributed by atoms with Gasteiger partial charge in [0.05, 0.1) is 10.8 Å². The fourth-order valence-electron chi connectivity index (χ4n) is 3.54. The number of nitrogens with one attached hydrogen (secondary N) is 2. The molecule has 1 aliphatic heterocycles. The number of nitrogens with zero attached hydrogens (tertiary/aromatic N) is 3. The second-order valence-corrected chi connectivity index (χ2v) is 9.30. The Morgan fingerprint density at radius 3 is 2.36 bits per heavy atom. The van der Waals surface area contributed by atoms with Gasteiger partial charge in [0.1, 0.15) is 0 Å². The summed E-state index contributed by atoms with van der Waals surface area (Å²) in [6.45, 7) is 2.36. The first-order valence-corrected chi connectivity index (χ1v) is 11.9. The van der Waals surface area contributed by atoms with Crippen LogP contribution >= 0.6 is 0 Å². The van der Waals surface area contributed by atoms with Gasteiger partial charge >= 0.3 is 0 Å². The number of aromatic nitrogens is 2. The Morgan fingerprint density at radius 1 is 1.06 bits per heavy atom. The molecule has 9 nitrogen and oxygen atoms in total. The maximum absolute atomic E-state index is 12.7. The second-order valence-electron chi connectivity index (χ2n) is 7.62. The summed E-state index contributed by atoms with van der Waals surface area (Å²) < 4.78 is 27.2. The SMILES string of the molecule is CCc1ccc(N2C[C@H](C(=O)Nc3ccc(S(=O)(=O)Nc4ncccn4)cc3)CC2=O)cc1. The van der Waals surface area contributed by atoms with E-state index in [1.54, 1.807) is 11.0 Å². The molecular formula is C23H23N5O4S. The van der Waals surface area contributed by atoms with E-state index in [0.717, 1.165) is 12.1 Å². The third-order valence-corrected chi connectivity index (χ3v) is 6.72. The van der Waals surface area contributed by atoms with Gasteiger partial charge in [0.15, 0.2) is 0 Å². The van der Waals surface area contributed by atoms with Crippen LogP contribution in [-0.2, 0) is 26.0 Å². The van der Waals surface area contributed by atoms with Crippen molar-refractivity contribution in [2.24, 2.45) is 5.92 Å². The van der Waals surface area contributed by atoms with Crippen LogP contribution in [0.4, 0.5) is 17.3 Å². The van der Waals surface area contributed by atoms with Crippen molar-refractivity contribution in [2.45, 2.75) is 24.7 Å². The van der Waals surface area contributed by atoms with E-state index in [1.807, 2.05) is 24.3 Å². The normalized spacial score (nSPS) is 16.0. The molecule has 1 aromatic heterocycles. The number of sulfonamides is 1. The first-order chi connectivity index (χ1) is 15.9. The van der Waals surface area contributed by atoms with Crippen molar-refractivity contribution in [3.8, 4) is 0 Å². The molecule has 0 bridgehead atoms. The van der Waals surface area contributed by atoms with Crippen molar-refractivity contribution >= 4 is 39.2 Å². The fraction of sp³-hybridized carbons (Fsp3) is 0.217. The van der Waals surface area contributed by atoms with E-state index < -0.39 is 15.9 Å². The summed E-state index contributed by atoms with van der Waals surface area (Å²) in [6.07, 6.45) is 3.89. The fourth-order valence-corrected chi connectivity index (χ4v) is 4.49. The van der Waals surface area contributed by atoms with Gasteiger partial charge in [0, 0.05) is 36.7 Å². The largest absolute Gasteiger partial charge is 0.326 e. The lowest BCUT2D eigenvalue weighted by Gasteiger charge is -2.17. The van der Waals surface area contributed by atoms with Gasteiger partial charge in [-0.05, 0) is 54.4 Å². The van der Waals surface area contributed by atoms with Crippen LogP contribution < -0.4 is 14.9 Å². The molecule has 170 valence electrons. The minimum absolute atomic E-state index is 0.00528.